The average Bonchev–Trinajstić information content (AvgIpc) is 2.92. The van der Waals surface area contributed by atoms with Crippen LogP contribution in [0.5, 0.6) is 5.75 Å². The zero-order valence-electron chi connectivity index (χ0n) is 17.2. The Balaban J connectivity index is 1.75. The zero-order valence-corrected chi connectivity index (χ0v) is 17.2. The van der Waals surface area contributed by atoms with Gasteiger partial charge < -0.3 is 14.7 Å². The lowest BCUT2D eigenvalue weighted by molar-refractivity contribution is 0.133. The normalized spacial score (nSPS) is 16.3. The number of aromatic nitrogens is 2. The fourth-order valence-corrected chi connectivity index (χ4v) is 3.77. The van der Waals surface area contributed by atoms with E-state index in [1.54, 1.807) is 7.11 Å². The number of rotatable bonds is 6. The molecule has 0 spiro atoms. The van der Waals surface area contributed by atoms with E-state index >= 15 is 0 Å². The van der Waals surface area contributed by atoms with Crippen LogP contribution in [0.15, 0.2) is 18.2 Å². The molecule has 6 nitrogen and oxygen atoms in total. The third-order valence-electron chi connectivity index (χ3n) is 5.46. The lowest BCUT2D eigenvalue weighted by Gasteiger charge is -2.22. The summed E-state index contributed by atoms with van der Waals surface area (Å²) in [7, 11) is 5.65. The molecule has 1 atom stereocenters. The molecule has 3 rings (SSSR count). The summed E-state index contributed by atoms with van der Waals surface area (Å²) in [6.45, 7) is 8.59. The van der Waals surface area contributed by atoms with Crippen molar-refractivity contribution in [2.75, 3.05) is 34.3 Å². The molecule has 148 valence electrons. The molecule has 2 heterocycles. The first-order valence-electron chi connectivity index (χ1n) is 9.64. The Kier molecular flexibility index (Phi) is 6.19. The van der Waals surface area contributed by atoms with Gasteiger partial charge in [-0.1, -0.05) is 6.07 Å². The number of benzene rings is 1. The standard InChI is InChI=1S/C21H32N4O2/c1-15-16(2)21(27-5)8-7-17(15)12-24-9-6-10-25-18(13-24)11-19(22-25)20(26)14-23(3)4/h7-8,11,20,26H,6,9-10,12-14H2,1-5H3. The number of aliphatic hydroxyl groups excluding tert-OH is 1. The van der Waals surface area contributed by atoms with E-state index in [-0.39, 0.29) is 0 Å². The van der Waals surface area contributed by atoms with E-state index in [0.29, 0.717) is 6.54 Å². The van der Waals surface area contributed by atoms with Crippen LogP contribution in [-0.2, 0) is 19.6 Å². The van der Waals surface area contributed by atoms with E-state index in [9.17, 15) is 5.11 Å². The van der Waals surface area contributed by atoms with Crippen molar-refractivity contribution in [3.63, 3.8) is 0 Å². The third-order valence-corrected chi connectivity index (χ3v) is 5.46. The van der Waals surface area contributed by atoms with E-state index in [0.717, 1.165) is 44.0 Å². The summed E-state index contributed by atoms with van der Waals surface area (Å²) >= 11 is 0. The summed E-state index contributed by atoms with van der Waals surface area (Å²) in [6.07, 6.45) is 0.519. The molecule has 0 aliphatic carbocycles. The number of likely N-dealkylation sites (N-methyl/N-ethyl adjacent to an activating group) is 1. The number of hydrogen-bond acceptors (Lipinski definition) is 5. The maximum absolute atomic E-state index is 10.4. The van der Waals surface area contributed by atoms with Crippen LogP contribution < -0.4 is 4.74 Å². The molecule has 0 amide bonds. The van der Waals surface area contributed by atoms with Crippen LogP contribution in [-0.4, -0.2) is 59.0 Å². The number of hydrogen-bond donors (Lipinski definition) is 1. The number of nitrogens with zero attached hydrogens (tertiary/aromatic N) is 4. The fourth-order valence-electron chi connectivity index (χ4n) is 3.77. The van der Waals surface area contributed by atoms with Crippen LogP contribution >= 0.6 is 0 Å². The largest absolute Gasteiger partial charge is 0.496 e. The number of fused-ring (bicyclic) bond motifs is 1. The molecule has 1 N–H and O–H groups in total. The van der Waals surface area contributed by atoms with Crippen molar-refractivity contribution in [2.24, 2.45) is 0 Å². The lowest BCUT2D eigenvalue weighted by Crippen LogP contribution is -2.23. The predicted octanol–water partition coefficient (Wildman–Crippen LogP) is 2.51. The predicted molar refractivity (Wildman–Crippen MR) is 107 cm³/mol. The Morgan fingerprint density at radius 3 is 2.70 bits per heavy atom. The summed E-state index contributed by atoms with van der Waals surface area (Å²) in [5.41, 5.74) is 5.81. The number of aliphatic hydroxyl groups is 1. The summed E-state index contributed by atoms with van der Waals surface area (Å²) < 4.78 is 7.51. The Bertz CT molecular complexity index is 785. The summed E-state index contributed by atoms with van der Waals surface area (Å²) in [4.78, 5) is 4.45. The molecule has 1 aromatic carbocycles. The number of aryl methyl sites for hydroxylation is 1. The molecule has 0 fully saturated rings. The van der Waals surface area contributed by atoms with Crippen LogP contribution in [0, 0.1) is 13.8 Å². The van der Waals surface area contributed by atoms with Gasteiger partial charge in [-0.05, 0) is 63.2 Å². The van der Waals surface area contributed by atoms with Crippen molar-refractivity contribution >= 4 is 0 Å². The first-order chi connectivity index (χ1) is 12.9. The van der Waals surface area contributed by atoms with Gasteiger partial charge in [0.15, 0.2) is 0 Å². The van der Waals surface area contributed by atoms with Gasteiger partial charge in [-0.25, -0.2) is 0 Å². The minimum Gasteiger partial charge on any atom is -0.496 e. The zero-order chi connectivity index (χ0) is 19.6. The second-order valence-electron chi connectivity index (χ2n) is 7.80. The molecule has 27 heavy (non-hydrogen) atoms. The second-order valence-corrected chi connectivity index (χ2v) is 7.80. The molecule has 0 bridgehead atoms. The summed E-state index contributed by atoms with van der Waals surface area (Å²) in [6, 6.07) is 6.31. The smallest absolute Gasteiger partial charge is 0.122 e. The minimum atomic E-state index is -0.542. The highest BCUT2D eigenvalue weighted by Crippen LogP contribution is 2.26. The Labute approximate surface area is 162 Å². The molecule has 2 aromatic rings. The highest BCUT2D eigenvalue weighted by Gasteiger charge is 2.21. The molecule has 1 aromatic heterocycles. The van der Waals surface area contributed by atoms with Crippen LogP contribution in [0.1, 0.15) is 40.6 Å². The van der Waals surface area contributed by atoms with Gasteiger partial charge in [0, 0.05) is 32.7 Å². The SMILES string of the molecule is COc1ccc(CN2CCCn3nc(C(O)CN(C)C)cc3C2)c(C)c1C. The van der Waals surface area contributed by atoms with E-state index in [2.05, 4.69) is 46.7 Å². The molecule has 0 saturated carbocycles. The van der Waals surface area contributed by atoms with Crippen molar-refractivity contribution in [3.8, 4) is 5.75 Å². The molecule has 1 aliphatic rings. The van der Waals surface area contributed by atoms with Gasteiger partial charge in [-0.2, -0.15) is 5.10 Å². The van der Waals surface area contributed by atoms with Gasteiger partial charge >= 0.3 is 0 Å². The van der Waals surface area contributed by atoms with Crippen LogP contribution in [0.3, 0.4) is 0 Å². The maximum atomic E-state index is 10.4. The molecule has 0 radical (unpaired) electrons. The van der Waals surface area contributed by atoms with Gasteiger partial charge in [0.25, 0.3) is 0 Å². The van der Waals surface area contributed by atoms with Crippen molar-refractivity contribution in [3.05, 3.63) is 46.3 Å². The summed E-state index contributed by atoms with van der Waals surface area (Å²) in [5, 5.41) is 15.0. The van der Waals surface area contributed by atoms with Gasteiger partial charge in [-0.15, -0.1) is 0 Å². The van der Waals surface area contributed by atoms with Crippen molar-refractivity contribution in [1.29, 1.82) is 0 Å². The number of methoxy groups -OCH3 is 1. The van der Waals surface area contributed by atoms with Crippen molar-refractivity contribution < 1.29 is 9.84 Å². The molecule has 1 aliphatic heterocycles. The first-order valence-corrected chi connectivity index (χ1v) is 9.64. The first kappa shape index (κ1) is 19.9. The maximum Gasteiger partial charge on any atom is 0.122 e. The quantitative estimate of drug-likeness (QED) is 0.844. The molecular weight excluding hydrogens is 340 g/mol. The Morgan fingerprint density at radius 1 is 1.22 bits per heavy atom. The highest BCUT2D eigenvalue weighted by molar-refractivity contribution is 5.43. The second kappa shape index (κ2) is 8.42. The van der Waals surface area contributed by atoms with Gasteiger partial charge in [-0.3, -0.25) is 9.58 Å². The van der Waals surface area contributed by atoms with Crippen molar-refractivity contribution in [2.45, 2.75) is 46.0 Å². The third kappa shape index (κ3) is 4.51. The lowest BCUT2D eigenvalue weighted by atomic mass is 10.0. The minimum absolute atomic E-state index is 0.542. The van der Waals surface area contributed by atoms with Gasteiger partial charge in [0.1, 0.15) is 11.9 Å². The van der Waals surface area contributed by atoms with E-state index in [1.165, 1.54) is 22.4 Å². The van der Waals surface area contributed by atoms with Gasteiger partial charge in [0.2, 0.25) is 0 Å². The topological polar surface area (TPSA) is 53.8 Å². The molecule has 6 heteroatoms. The Hall–Kier alpha value is -1.89. The molecular formula is C21H32N4O2. The van der Waals surface area contributed by atoms with Crippen molar-refractivity contribution in [1.82, 2.24) is 19.6 Å². The Morgan fingerprint density at radius 2 is 2.00 bits per heavy atom. The summed E-state index contributed by atoms with van der Waals surface area (Å²) in [5.74, 6) is 0.949. The van der Waals surface area contributed by atoms with Crippen LogP contribution in [0.4, 0.5) is 0 Å². The van der Waals surface area contributed by atoms with Gasteiger partial charge in [0.05, 0.1) is 18.5 Å². The molecule has 1 unspecified atom stereocenters. The monoisotopic (exact) mass is 372 g/mol. The average molecular weight is 373 g/mol. The number of ether oxygens (including phenoxy) is 1. The van der Waals surface area contributed by atoms with Crippen LogP contribution in [0.25, 0.3) is 0 Å². The van der Waals surface area contributed by atoms with E-state index in [4.69, 9.17) is 4.74 Å². The fraction of sp³-hybridized carbons (Fsp3) is 0.571. The van der Waals surface area contributed by atoms with E-state index in [1.807, 2.05) is 19.0 Å². The van der Waals surface area contributed by atoms with E-state index < -0.39 is 6.10 Å². The van der Waals surface area contributed by atoms with Crippen LogP contribution in [0.2, 0.25) is 0 Å². The molecule has 0 saturated heterocycles. The highest BCUT2D eigenvalue weighted by atomic mass is 16.5.